The van der Waals surface area contributed by atoms with Crippen LogP contribution in [0.4, 0.5) is 0 Å². The monoisotopic (exact) mass is 211 g/mol. The fourth-order valence-electron chi connectivity index (χ4n) is 1.35. The van der Waals surface area contributed by atoms with Gasteiger partial charge in [-0.3, -0.25) is 4.79 Å². The Morgan fingerprint density at radius 3 is 2.71 bits per heavy atom. The minimum atomic E-state index is -0.119. The summed E-state index contributed by atoms with van der Waals surface area (Å²) in [5, 5.41) is 7.33. The Balaban J connectivity index is 2.77. The number of carbonyl (C=O) groups excluding carboxylic acids is 1. The third kappa shape index (κ3) is 2.93. The van der Waals surface area contributed by atoms with Gasteiger partial charge in [-0.05, 0) is 36.2 Å². The number of hydrogen-bond donors (Lipinski definition) is 1. The maximum atomic E-state index is 11.7. The van der Waals surface area contributed by atoms with E-state index in [9.17, 15) is 4.79 Å². The molecule has 3 heteroatoms. The Labute approximate surface area is 89.3 Å². The van der Waals surface area contributed by atoms with Crippen molar-refractivity contribution in [2.75, 3.05) is 0 Å². The number of Topliss-reactive ketones (excluding diaryl/α,β-unsaturated/α-hetero) is 1. The molecule has 1 aromatic heterocycles. The predicted molar refractivity (Wildman–Crippen MR) is 60.6 cm³/mol. The molecule has 1 atom stereocenters. The first-order valence-corrected chi connectivity index (χ1v) is 5.90. The highest BCUT2D eigenvalue weighted by Gasteiger charge is 2.19. The molecule has 0 aliphatic carbocycles. The lowest BCUT2D eigenvalue weighted by Gasteiger charge is -2.18. The third-order valence-corrected chi connectivity index (χ3v) is 2.75. The Morgan fingerprint density at radius 1 is 1.57 bits per heavy atom. The number of rotatable bonds is 5. The molecule has 0 aromatic carbocycles. The molecule has 0 aliphatic heterocycles. The first kappa shape index (κ1) is 11.4. The van der Waals surface area contributed by atoms with Gasteiger partial charge in [-0.15, -0.1) is 0 Å². The average molecular weight is 211 g/mol. The molecule has 0 bridgehead atoms. The van der Waals surface area contributed by atoms with E-state index in [1.165, 1.54) is 0 Å². The summed E-state index contributed by atoms with van der Waals surface area (Å²) in [4.78, 5) is 11.7. The van der Waals surface area contributed by atoms with Crippen molar-refractivity contribution in [1.29, 1.82) is 0 Å². The highest BCUT2D eigenvalue weighted by Crippen LogP contribution is 2.19. The van der Waals surface area contributed by atoms with Crippen LogP contribution < -0.4 is 5.32 Å². The highest BCUT2D eigenvalue weighted by atomic mass is 32.1. The summed E-state index contributed by atoms with van der Waals surface area (Å²) in [5.74, 6) is 0.261. The molecule has 0 fully saturated rings. The van der Waals surface area contributed by atoms with E-state index in [0.29, 0.717) is 12.5 Å². The van der Waals surface area contributed by atoms with E-state index in [4.69, 9.17) is 0 Å². The van der Waals surface area contributed by atoms with Gasteiger partial charge in [-0.25, -0.2) is 0 Å². The second-order valence-corrected chi connectivity index (χ2v) is 4.41. The topological polar surface area (TPSA) is 29.1 Å². The Bertz CT molecular complexity index is 279. The van der Waals surface area contributed by atoms with Crippen LogP contribution in [0.3, 0.4) is 0 Å². The zero-order chi connectivity index (χ0) is 10.6. The third-order valence-electron chi connectivity index (χ3n) is 2.05. The van der Waals surface area contributed by atoms with Gasteiger partial charge in [-0.2, -0.15) is 11.3 Å². The Hall–Kier alpha value is -0.670. The molecule has 0 radical (unpaired) electrons. The number of thiophene rings is 1. The fourth-order valence-corrected chi connectivity index (χ4v) is 2.04. The molecule has 0 spiro atoms. The van der Waals surface area contributed by atoms with Crippen LogP contribution >= 0.6 is 11.3 Å². The molecule has 1 aromatic rings. The molecular formula is C11H17NOS. The van der Waals surface area contributed by atoms with Crippen molar-refractivity contribution in [2.24, 2.45) is 0 Å². The molecule has 14 heavy (non-hydrogen) atoms. The lowest BCUT2D eigenvalue weighted by atomic mass is 10.0. The highest BCUT2D eigenvalue weighted by molar-refractivity contribution is 7.08. The number of nitrogens with one attached hydrogen (secondary N) is 1. The predicted octanol–water partition coefficient (Wildman–Crippen LogP) is 2.77. The van der Waals surface area contributed by atoms with Gasteiger partial charge < -0.3 is 5.32 Å². The summed E-state index contributed by atoms with van der Waals surface area (Å²) in [6.45, 7) is 6.02. The first-order chi connectivity index (χ1) is 6.65. The van der Waals surface area contributed by atoms with Crippen LogP contribution in [0, 0.1) is 0 Å². The maximum Gasteiger partial charge on any atom is 0.154 e. The van der Waals surface area contributed by atoms with Gasteiger partial charge in [-0.1, -0.05) is 6.92 Å². The van der Waals surface area contributed by atoms with E-state index in [0.717, 1.165) is 5.56 Å². The van der Waals surface area contributed by atoms with Crippen LogP contribution in [0.15, 0.2) is 16.8 Å². The lowest BCUT2D eigenvalue weighted by molar-refractivity contribution is -0.121. The summed E-state index contributed by atoms with van der Waals surface area (Å²) in [7, 11) is 0. The number of ketones is 1. The van der Waals surface area contributed by atoms with Gasteiger partial charge in [0.25, 0.3) is 0 Å². The minimum Gasteiger partial charge on any atom is -0.302 e. The molecule has 1 N–H and O–H groups in total. The Kier molecular flexibility index (Phi) is 4.29. The number of hydrogen-bond acceptors (Lipinski definition) is 3. The van der Waals surface area contributed by atoms with Gasteiger partial charge >= 0.3 is 0 Å². The fraction of sp³-hybridized carbons (Fsp3) is 0.545. The van der Waals surface area contributed by atoms with Gasteiger partial charge in [0.15, 0.2) is 5.78 Å². The summed E-state index contributed by atoms with van der Waals surface area (Å²) in [6, 6.07) is 2.22. The van der Waals surface area contributed by atoms with Gasteiger partial charge in [0, 0.05) is 12.5 Å². The SMILES string of the molecule is CCC(=O)C(NC(C)C)c1ccsc1. The smallest absolute Gasteiger partial charge is 0.154 e. The lowest BCUT2D eigenvalue weighted by Crippen LogP contribution is -2.33. The van der Waals surface area contributed by atoms with Crippen LogP contribution in [0.5, 0.6) is 0 Å². The first-order valence-electron chi connectivity index (χ1n) is 4.96. The van der Waals surface area contributed by atoms with Crippen LogP contribution in [0.25, 0.3) is 0 Å². The molecule has 0 amide bonds. The molecule has 1 rings (SSSR count). The largest absolute Gasteiger partial charge is 0.302 e. The van der Waals surface area contributed by atoms with Crippen molar-refractivity contribution in [3.63, 3.8) is 0 Å². The molecule has 2 nitrogen and oxygen atoms in total. The van der Waals surface area contributed by atoms with Crippen LogP contribution in [0.1, 0.15) is 38.8 Å². The maximum absolute atomic E-state index is 11.7. The quantitative estimate of drug-likeness (QED) is 0.811. The van der Waals surface area contributed by atoms with E-state index in [1.807, 2.05) is 23.8 Å². The van der Waals surface area contributed by atoms with E-state index < -0.39 is 0 Å². The normalized spacial score (nSPS) is 13.1. The Morgan fingerprint density at radius 2 is 2.29 bits per heavy atom. The zero-order valence-corrected chi connectivity index (χ0v) is 9.73. The molecule has 0 saturated carbocycles. The summed E-state index contributed by atoms with van der Waals surface area (Å²) in [6.07, 6.45) is 0.584. The van der Waals surface area contributed by atoms with Gasteiger partial charge in [0.2, 0.25) is 0 Å². The summed E-state index contributed by atoms with van der Waals surface area (Å²) in [5.41, 5.74) is 1.09. The van der Waals surface area contributed by atoms with Crippen molar-refractivity contribution >= 4 is 17.1 Å². The van der Waals surface area contributed by atoms with Crippen LogP contribution in [0.2, 0.25) is 0 Å². The van der Waals surface area contributed by atoms with Crippen molar-refractivity contribution < 1.29 is 4.79 Å². The van der Waals surface area contributed by atoms with E-state index in [-0.39, 0.29) is 11.8 Å². The standard InChI is InChI=1S/C11H17NOS/c1-4-10(13)11(12-8(2)3)9-5-6-14-7-9/h5-8,11-12H,4H2,1-3H3. The van der Waals surface area contributed by atoms with Gasteiger partial charge in [0.1, 0.15) is 0 Å². The minimum absolute atomic E-state index is 0.119. The second-order valence-electron chi connectivity index (χ2n) is 3.63. The van der Waals surface area contributed by atoms with E-state index in [1.54, 1.807) is 11.3 Å². The molecule has 1 heterocycles. The van der Waals surface area contributed by atoms with Crippen molar-refractivity contribution in [3.8, 4) is 0 Å². The van der Waals surface area contributed by atoms with Crippen molar-refractivity contribution in [1.82, 2.24) is 5.32 Å². The average Bonchev–Trinajstić information content (AvgIpc) is 2.65. The second kappa shape index (κ2) is 5.27. The van der Waals surface area contributed by atoms with Crippen LogP contribution in [-0.2, 0) is 4.79 Å². The molecule has 0 saturated heterocycles. The summed E-state index contributed by atoms with van der Waals surface area (Å²) >= 11 is 1.63. The number of carbonyl (C=O) groups is 1. The zero-order valence-electron chi connectivity index (χ0n) is 8.91. The molecule has 0 aliphatic rings. The molecule has 1 unspecified atom stereocenters. The molecule has 78 valence electrons. The van der Waals surface area contributed by atoms with Gasteiger partial charge in [0.05, 0.1) is 6.04 Å². The molecular weight excluding hydrogens is 194 g/mol. The summed E-state index contributed by atoms with van der Waals surface area (Å²) < 4.78 is 0. The van der Waals surface area contributed by atoms with Crippen molar-refractivity contribution in [2.45, 2.75) is 39.3 Å². The van der Waals surface area contributed by atoms with Crippen molar-refractivity contribution in [3.05, 3.63) is 22.4 Å². The van der Waals surface area contributed by atoms with Crippen LogP contribution in [-0.4, -0.2) is 11.8 Å². The van der Waals surface area contributed by atoms with E-state index in [2.05, 4.69) is 19.2 Å². The van der Waals surface area contributed by atoms with E-state index >= 15 is 0 Å².